The van der Waals surface area contributed by atoms with Crippen LogP contribution in [0.4, 0.5) is 10.5 Å². The van der Waals surface area contributed by atoms with Crippen LogP contribution >= 0.6 is 0 Å². The van der Waals surface area contributed by atoms with E-state index in [0.717, 1.165) is 0 Å². The lowest BCUT2D eigenvalue weighted by Crippen LogP contribution is -2.05. The van der Waals surface area contributed by atoms with Crippen molar-refractivity contribution in [3.8, 4) is 0 Å². The van der Waals surface area contributed by atoms with Crippen molar-refractivity contribution in [2.24, 2.45) is 0 Å². The molecule has 0 aliphatic heterocycles. The van der Waals surface area contributed by atoms with E-state index in [1.165, 1.54) is 12.4 Å². The molecule has 0 atom stereocenters. The maximum Gasteiger partial charge on any atom is 0.409 e. The third kappa shape index (κ3) is 1.45. The molecule has 9 heavy (non-hydrogen) atoms. The van der Waals surface area contributed by atoms with Gasteiger partial charge in [0, 0.05) is 6.20 Å². The molecule has 5 nitrogen and oxygen atoms in total. The molecule has 0 bridgehead atoms. The van der Waals surface area contributed by atoms with Crippen LogP contribution in [-0.4, -0.2) is 21.4 Å². The Hall–Kier alpha value is -1.52. The normalized spacial score (nSPS) is 8.89. The van der Waals surface area contributed by atoms with E-state index in [-0.39, 0.29) is 0 Å². The summed E-state index contributed by atoms with van der Waals surface area (Å²) in [6, 6.07) is 0. The van der Waals surface area contributed by atoms with Gasteiger partial charge in [-0.2, -0.15) is 5.10 Å². The largest absolute Gasteiger partial charge is 0.465 e. The van der Waals surface area contributed by atoms with Crippen LogP contribution < -0.4 is 5.32 Å². The van der Waals surface area contributed by atoms with E-state index in [9.17, 15) is 4.79 Å². The zero-order chi connectivity index (χ0) is 6.69. The molecule has 0 aliphatic rings. The Labute approximate surface area is 50.7 Å². The number of aromatic nitrogens is 2. The van der Waals surface area contributed by atoms with Crippen molar-refractivity contribution < 1.29 is 9.90 Å². The predicted molar refractivity (Wildman–Crippen MR) is 30.2 cm³/mol. The van der Waals surface area contributed by atoms with Gasteiger partial charge in [-0.15, -0.1) is 0 Å². The number of H-pyrrole nitrogens is 1. The number of amides is 1. The van der Waals surface area contributed by atoms with Gasteiger partial charge in [0.15, 0.2) is 0 Å². The minimum atomic E-state index is -1.09. The highest BCUT2D eigenvalue weighted by atomic mass is 16.4. The van der Waals surface area contributed by atoms with Gasteiger partial charge in [-0.1, -0.05) is 0 Å². The topological polar surface area (TPSA) is 78.0 Å². The van der Waals surface area contributed by atoms with Crippen molar-refractivity contribution in [1.82, 2.24) is 10.2 Å². The minimum absolute atomic E-state index is 0.447. The molecule has 3 N–H and O–H groups in total. The van der Waals surface area contributed by atoms with Crippen molar-refractivity contribution in [3.63, 3.8) is 0 Å². The monoisotopic (exact) mass is 127 g/mol. The molecule has 0 spiro atoms. The van der Waals surface area contributed by atoms with E-state index in [1.807, 2.05) is 0 Å². The highest BCUT2D eigenvalue weighted by Gasteiger charge is 1.95. The van der Waals surface area contributed by atoms with Crippen molar-refractivity contribution >= 4 is 11.8 Å². The standard InChI is InChI=1S/C4H5N3O2/c8-4(9)7-3-1-5-6-2-3/h1-2,7H,(H,5,6)(H,8,9). The van der Waals surface area contributed by atoms with Gasteiger partial charge in [0.1, 0.15) is 0 Å². The average Bonchev–Trinajstić information content (AvgIpc) is 2.15. The van der Waals surface area contributed by atoms with Crippen LogP contribution in [0.15, 0.2) is 12.4 Å². The van der Waals surface area contributed by atoms with E-state index in [1.54, 1.807) is 0 Å². The number of nitrogens with one attached hydrogen (secondary N) is 2. The van der Waals surface area contributed by atoms with Gasteiger partial charge >= 0.3 is 6.09 Å². The number of aromatic amines is 1. The van der Waals surface area contributed by atoms with Crippen LogP contribution in [0.1, 0.15) is 0 Å². The van der Waals surface area contributed by atoms with Crippen LogP contribution in [0.25, 0.3) is 0 Å². The molecule has 0 saturated heterocycles. The minimum Gasteiger partial charge on any atom is -0.465 e. The first kappa shape index (κ1) is 5.61. The molecular formula is C4H5N3O2. The van der Waals surface area contributed by atoms with Gasteiger partial charge in [0.05, 0.1) is 11.9 Å². The first-order valence-corrected chi connectivity index (χ1v) is 2.28. The van der Waals surface area contributed by atoms with Gasteiger partial charge in [0.25, 0.3) is 0 Å². The first-order chi connectivity index (χ1) is 4.29. The Kier molecular flexibility index (Phi) is 1.35. The molecule has 0 aliphatic carbocycles. The van der Waals surface area contributed by atoms with Crippen LogP contribution in [0.2, 0.25) is 0 Å². The second kappa shape index (κ2) is 2.17. The number of anilines is 1. The fourth-order valence-corrected chi connectivity index (χ4v) is 0.443. The highest BCUT2D eigenvalue weighted by Crippen LogP contribution is 1.98. The molecule has 1 aromatic heterocycles. The Morgan fingerprint density at radius 1 is 1.89 bits per heavy atom. The van der Waals surface area contributed by atoms with Crippen molar-refractivity contribution in [3.05, 3.63) is 12.4 Å². The molecule has 0 saturated carbocycles. The molecular weight excluding hydrogens is 122 g/mol. The van der Waals surface area contributed by atoms with Crippen molar-refractivity contribution in [2.45, 2.75) is 0 Å². The lowest BCUT2D eigenvalue weighted by molar-refractivity contribution is 0.210. The summed E-state index contributed by atoms with van der Waals surface area (Å²) >= 11 is 0. The Morgan fingerprint density at radius 2 is 2.67 bits per heavy atom. The lowest BCUT2D eigenvalue weighted by atomic mass is 10.6. The summed E-state index contributed by atoms with van der Waals surface area (Å²) in [6.45, 7) is 0. The Balaban J connectivity index is 2.58. The van der Waals surface area contributed by atoms with Crippen LogP contribution in [-0.2, 0) is 0 Å². The third-order valence-electron chi connectivity index (χ3n) is 0.749. The van der Waals surface area contributed by atoms with Crippen molar-refractivity contribution in [1.29, 1.82) is 0 Å². The lowest BCUT2D eigenvalue weighted by Gasteiger charge is -1.89. The number of hydrogen-bond donors (Lipinski definition) is 3. The van der Waals surface area contributed by atoms with Crippen LogP contribution in [0, 0.1) is 0 Å². The molecule has 0 radical (unpaired) electrons. The fraction of sp³-hybridized carbons (Fsp3) is 0. The molecule has 1 heterocycles. The molecule has 48 valence electrons. The van der Waals surface area contributed by atoms with E-state index in [0.29, 0.717) is 5.69 Å². The predicted octanol–water partition coefficient (Wildman–Crippen LogP) is 0.500. The zero-order valence-electron chi connectivity index (χ0n) is 4.46. The van der Waals surface area contributed by atoms with Gasteiger partial charge in [-0.25, -0.2) is 4.79 Å². The highest BCUT2D eigenvalue weighted by molar-refractivity contribution is 5.82. The molecule has 0 fully saturated rings. The van der Waals surface area contributed by atoms with E-state index in [2.05, 4.69) is 15.5 Å². The Bertz CT molecular complexity index is 194. The van der Waals surface area contributed by atoms with Gasteiger partial charge in [0.2, 0.25) is 0 Å². The van der Waals surface area contributed by atoms with Gasteiger partial charge in [-0.3, -0.25) is 10.4 Å². The molecule has 1 amide bonds. The third-order valence-corrected chi connectivity index (χ3v) is 0.749. The number of carboxylic acid groups (broad SMARTS) is 1. The first-order valence-electron chi connectivity index (χ1n) is 2.28. The SMILES string of the molecule is O=C(O)Nc1cn[nH]c1. The maximum atomic E-state index is 9.91. The van der Waals surface area contributed by atoms with E-state index < -0.39 is 6.09 Å². The quantitative estimate of drug-likeness (QED) is 0.514. The van der Waals surface area contributed by atoms with E-state index >= 15 is 0 Å². The summed E-state index contributed by atoms with van der Waals surface area (Å²) in [6.07, 6.45) is 1.75. The molecule has 0 unspecified atom stereocenters. The molecule has 1 rings (SSSR count). The molecule has 1 aromatic rings. The fourth-order valence-electron chi connectivity index (χ4n) is 0.443. The Morgan fingerprint density at radius 3 is 3.11 bits per heavy atom. The number of hydrogen-bond acceptors (Lipinski definition) is 2. The second-order valence-electron chi connectivity index (χ2n) is 1.42. The van der Waals surface area contributed by atoms with Crippen LogP contribution in [0.5, 0.6) is 0 Å². The maximum absolute atomic E-state index is 9.91. The number of rotatable bonds is 1. The summed E-state index contributed by atoms with van der Waals surface area (Å²) in [5, 5.41) is 16.2. The smallest absolute Gasteiger partial charge is 0.409 e. The van der Waals surface area contributed by atoms with Crippen molar-refractivity contribution in [2.75, 3.05) is 5.32 Å². The summed E-state index contributed by atoms with van der Waals surface area (Å²) in [5.41, 5.74) is 0.447. The van der Waals surface area contributed by atoms with Gasteiger partial charge in [-0.05, 0) is 0 Å². The van der Waals surface area contributed by atoms with Crippen LogP contribution in [0.3, 0.4) is 0 Å². The van der Waals surface area contributed by atoms with E-state index in [4.69, 9.17) is 5.11 Å². The number of carbonyl (C=O) groups is 1. The number of nitrogens with zero attached hydrogens (tertiary/aromatic N) is 1. The zero-order valence-corrected chi connectivity index (χ0v) is 4.46. The summed E-state index contributed by atoms with van der Waals surface area (Å²) < 4.78 is 0. The average molecular weight is 127 g/mol. The van der Waals surface area contributed by atoms with Gasteiger partial charge < -0.3 is 5.11 Å². The summed E-state index contributed by atoms with van der Waals surface area (Å²) in [7, 11) is 0. The summed E-state index contributed by atoms with van der Waals surface area (Å²) in [4.78, 5) is 9.91. The summed E-state index contributed by atoms with van der Waals surface area (Å²) in [5.74, 6) is 0. The second-order valence-corrected chi connectivity index (χ2v) is 1.42. The molecule has 0 aromatic carbocycles. The molecule has 5 heteroatoms.